The van der Waals surface area contributed by atoms with Crippen molar-refractivity contribution >= 4 is 22.8 Å². The summed E-state index contributed by atoms with van der Waals surface area (Å²) in [6.45, 7) is 5.68. The Balaban J connectivity index is 1.33. The minimum atomic E-state index is -0.539. The topological polar surface area (TPSA) is 142 Å². The summed E-state index contributed by atoms with van der Waals surface area (Å²) in [6.07, 6.45) is 4.60. The van der Waals surface area contributed by atoms with Gasteiger partial charge in [-0.15, -0.1) is 0 Å². The van der Waals surface area contributed by atoms with Gasteiger partial charge in [-0.2, -0.15) is 10.1 Å². The van der Waals surface area contributed by atoms with Crippen LogP contribution in [0.4, 0.5) is 10.2 Å². The lowest BCUT2D eigenvalue weighted by molar-refractivity contribution is 0.0937. The van der Waals surface area contributed by atoms with Crippen molar-refractivity contribution in [2.24, 2.45) is 0 Å². The van der Waals surface area contributed by atoms with Crippen molar-refractivity contribution in [3.8, 4) is 11.1 Å². The van der Waals surface area contributed by atoms with Gasteiger partial charge in [-0.1, -0.05) is 38.1 Å². The van der Waals surface area contributed by atoms with Gasteiger partial charge in [0.2, 0.25) is 5.89 Å². The predicted molar refractivity (Wildman–Crippen MR) is 135 cm³/mol. The van der Waals surface area contributed by atoms with Crippen molar-refractivity contribution < 1.29 is 18.8 Å². The molecule has 0 radical (unpaired) electrons. The molecule has 1 amide bonds. The van der Waals surface area contributed by atoms with E-state index in [1.807, 2.05) is 26.8 Å². The second kappa shape index (κ2) is 9.89. The highest BCUT2D eigenvalue weighted by Crippen LogP contribution is 2.34. The zero-order chi connectivity index (χ0) is 26.2. The van der Waals surface area contributed by atoms with Crippen LogP contribution >= 0.6 is 0 Å². The lowest BCUT2D eigenvalue weighted by Gasteiger charge is -2.26. The molecule has 0 bridgehead atoms. The summed E-state index contributed by atoms with van der Waals surface area (Å²) >= 11 is 0. The second-order valence-electron chi connectivity index (χ2n) is 10.5. The van der Waals surface area contributed by atoms with Crippen LogP contribution < -0.4 is 10.6 Å². The molecule has 1 aliphatic rings. The number of H-pyrrole nitrogens is 1. The number of aliphatic hydroxyl groups excluding tert-OH is 1. The van der Waals surface area contributed by atoms with Gasteiger partial charge in [-0.25, -0.2) is 9.37 Å². The largest absolute Gasteiger partial charge is 0.393 e. The lowest BCUT2D eigenvalue weighted by atomic mass is 9.93. The molecule has 1 aliphatic carbocycles. The van der Waals surface area contributed by atoms with Gasteiger partial charge in [-0.05, 0) is 48.9 Å². The summed E-state index contributed by atoms with van der Waals surface area (Å²) in [6, 6.07) is 6.91. The van der Waals surface area contributed by atoms with E-state index < -0.39 is 11.7 Å². The number of fused-ring (bicyclic) bond motifs is 1. The average molecular weight is 508 g/mol. The van der Waals surface area contributed by atoms with Crippen molar-refractivity contribution in [2.75, 3.05) is 5.32 Å². The first kappa shape index (κ1) is 24.8. The van der Waals surface area contributed by atoms with Crippen LogP contribution in [0.3, 0.4) is 0 Å². The Kier molecular flexibility index (Phi) is 6.63. The first-order valence-corrected chi connectivity index (χ1v) is 12.4. The molecule has 3 aromatic heterocycles. The van der Waals surface area contributed by atoms with Gasteiger partial charge in [0.15, 0.2) is 11.5 Å². The van der Waals surface area contributed by atoms with E-state index in [1.165, 1.54) is 6.07 Å². The fourth-order valence-corrected chi connectivity index (χ4v) is 4.44. The van der Waals surface area contributed by atoms with Gasteiger partial charge in [0.25, 0.3) is 11.7 Å². The molecule has 1 aromatic carbocycles. The van der Waals surface area contributed by atoms with Gasteiger partial charge in [-0.3, -0.25) is 9.89 Å². The molecule has 0 unspecified atom stereocenters. The molecule has 37 heavy (non-hydrogen) atoms. The van der Waals surface area contributed by atoms with E-state index in [0.29, 0.717) is 28.5 Å². The first-order valence-electron chi connectivity index (χ1n) is 12.4. The Hall–Kier alpha value is -3.86. The SMILES string of the molecule is CC(C)(C)c1nc(C(=O)NCc2ccc(-c3ccnc4[nH]nc(N[C@H]5CC[C@H](O)CC5)c34)cc2F)no1. The third kappa shape index (κ3) is 5.31. The molecule has 4 N–H and O–H groups in total. The number of anilines is 1. The van der Waals surface area contributed by atoms with Crippen LogP contribution in [0.5, 0.6) is 0 Å². The number of nitrogens with one attached hydrogen (secondary N) is 3. The molecule has 11 heteroatoms. The highest BCUT2D eigenvalue weighted by molar-refractivity contribution is 6.00. The highest BCUT2D eigenvalue weighted by atomic mass is 19.1. The Morgan fingerprint density at radius 3 is 2.70 bits per heavy atom. The van der Waals surface area contributed by atoms with E-state index in [0.717, 1.165) is 36.6 Å². The molecular weight excluding hydrogens is 477 g/mol. The molecule has 4 aromatic rings. The van der Waals surface area contributed by atoms with E-state index in [-0.39, 0.29) is 29.9 Å². The number of aliphatic hydroxyl groups is 1. The van der Waals surface area contributed by atoms with Crippen LogP contribution in [-0.4, -0.2) is 48.5 Å². The normalized spacial score (nSPS) is 18.2. The van der Waals surface area contributed by atoms with Crippen LogP contribution in [0.15, 0.2) is 35.0 Å². The van der Waals surface area contributed by atoms with E-state index in [4.69, 9.17) is 4.52 Å². The quantitative estimate of drug-likeness (QED) is 0.306. The second-order valence-corrected chi connectivity index (χ2v) is 10.5. The molecule has 0 atom stereocenters. The molecule has 1 saturated carbocycles. The van der Waals surface area contributed by atoms with E-state index in [2.05, 4.69) is 36.0 Å². The Morgan fingerprint density at radius 2 is 2.00 bits per heavy atom. The monoisotopic (exact) mass is 507 g/mol. The maximum absolute atomic E-state index is 15.1. The number of carbonyl (C=O) groups excluding carboxylic acids is 1. The van der Waals surface area contributed by atoms with Gasteiger partial charge < -0.3 is 20.3 Å². The molecule has 0 saturated heterocycles. The zero-order valence-electron chi connectivity index (χ0n) is 21.0. The highest BCUT2D eigenvalue weighted by Gasteiger charge is 2.25. The van der Waals surface area contributed by atoms with Crippen LogP contribution in [0, 0.1) is 5.82 Å². The number of aromatic nitrogens is 5. The number of hydrogen-bond donors (Lipinski definition) is 4. The summed E-state index contributed by atoms with van der Waals surface area (Å²) < 4.78 is 20.3. The van der Waals surface area contributed by atoms with Crippen LogP contribution in [0.25, 0.3) is 22.2 Å². The van der Waals surface area contributed by atoms with Crippen molar-refractivity contribution in [3.05, 3.63) is 53.6 Å². The van der Waals surface area contributed by atoms with E-state index in [9.17, 15) is 9.90 Å². The number of hydrogen-bond acceptors (Lipinski definition) is 8. The zero-order valence-corrected chi connectivity index (χ0v) is 21.0. The first-order chi connectivity index (χ1) is 17.7. The molecule has 0 aliphatic heterocycles. The summed E-state index contributed by atoms with van der Waals surface area (Å²) in [7, 11) is 0. The predicted octanol–water partition coefficient (Wildman–Crippen LogP) is 4.09. The minimum Gasteiger partial charge on any atom is -0.393 e. The number of halogens is 1. The standard InChI is InChI=1S/C26H30FN7O3/c1-26(2,3)25-31-23(34-37-25)24(36)29-13-15-5-4-14(12-19(15)27)18-10-11-28-21-20(18)22(33-32-21)30-16-6-8-17(35)9-7-16/h4-5,10-12,16-17,35H,6-9,13H2,1-3H3,(H,29,36)(H2,28,30,32,33)/t16-,17-. The molecule has 1 fully saturated rings. The van der Waals surface area contributed by atoms with Gasteiger partial charge in [0, 0.05) is 29.8 Å². The minimum absolute atomic E-state index is 0.0257. The maximum Gasteiger partial charge on any atom is 0.292 e. The summed E-state index contributed by atoms with van der Waals surface area (Å²) in [5.41, 5.74) is 2.00. The summed E-state index contributed by atoms with van der Waals surface area (Å²) in [5.74, 6) is -0.0703. The number of carbonyl (C=O) groups is 1. The fourth-order valence-electron chi connectivity index (χ4n) is 4.44. The third-order valence-corrected chi connectivity index (χ3v) is 6.57. The van der Waals surface area contributed by atoms with Crippen LogP contribution in [0.2, 0.25) is 0 Å². The van der Waals surface area contributed by atoms with E-state index >= 15 is 4.39 Å². The lowest BCUT2D eigenvalue weighted by Crippen LogP contribution is -2.28. The molecular formula is C26H30FN7O3. The third-order valence-electron chi connectivity index (χ3n) is 6.57. The van der Waals surface area contributed by atoms with Crippen molar-refractivity contribution in [2.45, 2.75) is 70.6 Å². The Labute approximate surface area is 213 Å². The molecule has 10 nitrogen and oxygen atoms in total. The van der Waals surface area contributed by atoms with Crippen molar-refractivity contribution in [3.63, 3.8) is 0 Å². The number of aromatic amines is 1. The Bertz CT molecular complexity index is 1420. The number of benzene rings is 1. The van der Waals surface area contributed by atoms with Crippen LogP contribution in [-0.2, 0) is 12.0 Å². The maximum atomic E-state index is 15.1. The van der Waals surface area contributed by atoms with Gasteiger partial charge in [0.1, 0.15) is 5.82 Å². The van der Waals surface area contributed by atoms with Gasteiger partial charge in [0.05, 0.1) is 11.5 Å². The number of pyridine rings is 1. The molecule has 3 heterocycles. The van der Waals surface area contributed by atoms with Crippen molar-refractivity contribution in [1.29, 1.82) is 0 Å². The summed E-state index contributed by atoms with van der Waals surface area (Å²) in [5, 5.41) is 27.8. The molecule has 5 rings (SSSR count). The number of amides is 1. The van der Waals surface area contributed by atoms with Gasteiger partial charge >= 0.3 is 0 Å². The number of rotatable bonds is 6. The van der Waals surface area contributed by atoms with Crippen LogP contribution in [0.1, 0.15) is 68.5 Å². The smallest absolute Gasteiger partial charge is 0.292 e. The fraction of sp³-hybridized carbons (Fsp3) is 0.423. The molecule has 194 valence electrons. The average Bonchev–Trinajstić information content (AvgIpc) is 3.53. The summed E-state index contributed by atoms with van der Waals surface area (Å²) in [4.78, 5) is 20.9. The van der Waals surface area contributed by atoms with E-state index in [1.54, 1.807) is 18.3 Å². The molecule has 0 spiro atoms. The number of nitrogens with zero attached hydrogens (tertiary/aromatic N) is 4. The Morgan fingerprint density at radius 1 is 1.22 bits per heavy atom. The van der Waals surface area contributed by atoms with Crippen molar-refractivity contribution in [1.82, 2.24) is 30.6 Å².